The lowest BCUT2D eigenvalue weighted by Gasteiger charge is -2.13. The molecule has 0 saturated heterocycles. The number of nitrogens with zero attached hydrogens (tertiary/aromatic N) is 2. The van der Waals surface area contributed by atoms with Gasteiger partial charge in [0.2, 0.25) is 0 Å². The first-order valence-corrected chi connectivity index (χ1v) is 3.71. The number of hydrogen-bond donors (Lipinski definition) is 0. The van der Waals surface area contributed by atoms with Gasteiger partial charge in [0.25, 0.3) is 5.70 Å². The molecule has 0 heterocycles. The summed E-state index contributed by atoms with van der Waals surface area (Å²) >= 11 is 5.52. The van der Waals surface area contributed by atoms with Crippen LogP contribution in [0, 0.1) is 20.2 Å². The molecule has 6 nitrogen and oxygen atoms in total. The molecule has 0 saturated carbocycles. The van der Waals surface area contributed by atoms with Crippen LogP contribution in [0.3, 0.4) is 0 Å². The molecule has 0 aromatic carbocycles. The van der Waals surface area contributed by atoms with Gasteiger partial charge in [-0.3, -0.25) is 20.2 Å². The molecule has 7 heteroatoms. The van der Waals surface area contributed by atoms with Crippen LogP contribution < -0.4 is 0 Å². The molecule has 0 aromatic rings. The molecule has 0 amide bonds. The largest absolute Gasteiger partial charge is 0.323 e. The Morgan fingerprint density at radius 3 is 2.54 bits per heavy atom. The van der Waals surface area contributed by atoms with E-state index in [9.17, 15) is 20.2 Å². The maximum atomic E-state index is 10.4. The summed E-state index contributed by atoms with van der Waals surface area (Å²) < 4.78 is 0. The Hall–Kier alpha value is -1.43. The van der Waals surface area contributed by atoms with E-state index in [0.29, 0.717) is 0 Å². The summed E-state index contributed by atoms with van der Waals surface area (Å²) in [7, 11) is 0. The van der Waals surface area contributed by atoms with Gasteiger partial charge in [-0.1, -0.05) is 6.08 Å². The molecule has 13 heavy (non-hydrogen) atoms. The zero-order valence-corrected chi connectivity index (χ0v) is 7.10. The summed E-state index contributed by atoms with van der Waals surface area (Å²) in [4.78, 5) is 17.4. The molecule has 1 rings (SSSR count). The van der Waals surface area contributed by atoms with E-state index in [4.69, 9.17) is 11.6 Å². The molecule has 0 spiro atoms. The van der Waals surface area contributed by atoms with Crippen LogP contribution in [-0.2, 0) is 0 Å². The molecule has 1 aliphatic rings. The maximum absolute atomic E-state index is 10.4. The van der Waals surface area contributed by atoms with Crippen LogP contribution in [0.5, 0.6) is 0 Å². The van der Waals surface area contributed by atoms with Crippen molar-refractivity contribution in [1.82, 2.24) is 0 Å². The van der Waals surface area contributed by atoms with Crippen LogP contribution >= 0.6 is 11.6 Å². The van der Waals surface area contributed by atoms with Gasteiger partial charge in [-0.15, -0.1) is 0 Å². The lowest BCUT2D eigenvalue weighted by molar-refractivity contribution is -0.529. The molecule has 1 atom stereocenters. The Bertz CT molecular complexity index is 325. The highest BCUT2D eigenvalue weighted by molar-refractivity contribution is 6.24. The van der Waals surface area contributed by atoms with Gasteiger partial charge in [0.05, 0.1) is 17.4 Å². The van der Waals surface area contributed by atoms with Crippen molar-refractivity contribution in [3.8, 4) is 0 Å². The minimum atomic E-state index is -1.86. The number of nitro groups is 2. The first kappa shape index (κ1) is 9.66. The van der Waals surface area contributed by atoms with Gasteiger partial charge in [-0.05, 0) is 11.6 Å². The lowest BCUT2D eigenvalue weighted by atomic mass is 10.1. The lowest BCUT2D eigenvalue weighted by Crippen LogP contribution is -2.31. The third kappa shape index (κ3) is 1.83. The van der Waals surface area contributed by atoms with Crippen LogP contribution in [0.25, 0.3) is 0 Å². The fourth-order valence-electron chi connectivity index (χ4n) is 0.919. The Labute approximate surface area is 77.8 Å². The Balaban J connectivity index is 3.02. The van der Waals surface area contributed by atoms with Gasteiger partial charge in [0.15, 0.2) is 0 Å². The van der Waals surface area contributed by atoms with Gasteiger partial charge in [-0.25, -0.2) is 0 Å². The highest BCUT2D eigenvalue weighted by atomic mass is 35.5. The molecule has 0 N–H and O–H groups in total. The van der Waals surface area contributed by atoms with Crippen molar-refractivity contribution in [2.24, 2.45) is 0 Å². The Morgan fingerprint density at radius 1 is 1.46 bits per heavy atom. The maximum Gasteiger partial charge on any atom is 0.323 e. The number of halogens is 1. The number of hydrogen-bond acceptors (Lipinski definition) is 4. The molecule has 0 radical (unpaired) electrons. The average molecular weight is 205 g/mol. The summed E-state index contributed by atoms with van der Waals surface area (Å²) in [5.41, 5.74) is -0.349. The molecule has 70 valence electrons. The first-order chi connectivity index (χ1) is 5.96. The second-order valence-electron chi connectivity index (χ2n) is 2.51. The van der Waals surface area contributed by atoms with Crippen molar-refractivity contribution < 1.29 is 9.85 Å². The van der Waals surface area contributed by atoms with Crippen molar-refractivity contribution in [3.63, 3.8) is 0 Å². The van der Waals surface area contributed by atoms with E-state index < -0.39 is 14.8 Å². The van der Waals surface area contributed by atoms with Crippen molar-refractivity contribution in [1.29, 1.82) is 0 Å². The molecule has 0 fully saturated rings. The number of alkyl halides is 1. The predicted octanol–water partition coefficient (Wildman–Crippen LogP) is 1.32. The Morgan fingerprint density at radius 2 is 2.08 bits per heavy atom. The predicted molar refractivity (Wildman–Crippen MR) is 44.4 cm³/mol. The normalized spacial score (nSPS) is 26.7. The zero-order valence-electron chi connectivity index (χ0n) is 6.34. The molecule has 0 aliphatic heterocycles. The summed E-state index contributed by atoms with van der Waals surface area (Å²) in [5, 5.41) is 20.7. The summed E-state index contributed by atoms with van der Waals surface area (Å²) in [6, 6.07) is 0. The van der Waals surface area contributed by atoms with Crippen molar-refractivity contribution in [3.05, 3.63) is 44.2 Å². The quantitative estimate of drug-likeness (QED) is 0.294. The highest BCUT2D eigenvalue weighted by Gasteiger charge is 2.41. The Kier molecular flexibility index (Phi) is 2.33. The van der Waals surface area contributed by atoms with Gasteiger partial charge < -0.3 is 0 Å². The molecule has 1 unspecified atom stereocenters. The van der Waals surface area contributed by atoms with E-state index in [2.05, 4.69) is 0 Å². The van der Waals surface area contributed by atoms with Crippen molar-refractivity contribution in [2.75, 3.05) is 0 Å². The third-order valence-corrected chi connectivity index (χ3v) is 1.98. The average Bonchev–Trinajstić information content (AvgIpc) is 2.04. The molecule has 0 bridgehead atoms. The van der Waals surface area contributed by atoms with Gasteiger partial charge in [0, 0.05) is 11.0 Å². The van der Waals surface area contributed by atoms with E-state index in [1.165, 1.54) is 12.2 Å². The zero-order chi connectivity index (χ0) is 10.1. The minimum absolute atomic E-state index is 0.0428. The topological polar surface area (TPSA) is 86.3 Å². The van der Waals surface area contributed by atoms with Crippen LogP contribution in [0.4, 0.5) is 0 Å². The fraction of sp³-hybridized carbons (Fsp3) is 0.333. The number of allylic oxidation sites excluding steroid dienone is 1. The van der Waals surface area contributed by atoms with Gasteiger partial charge in [0.1, 0.15) is 0 Å². The molecular formula is C6H5ClN2O4. The summed E-state index contributed by atoms with van der Waals surface area (Å²) in [5.74, 6) is 0. The van der Waals surface area contributed by atoms with Crippen molar-refractivity contribution in [2.45, 2.75) is 11.4 Å². The van der Waals surface area contributed by atoms with Crippen LogP contribution in [0.1, 0.15) is 6.42 Å². The smallest absolute Gasteiger partial charge is 0.262 e. The minimum Gasteiger partial charge on any atom is -0.262 e. The van der Waals surface area contributed by atoms with Gasteiger partial charge in [-0.2, -0.15) is 0 Å². The van der Waals surface area contributed by atoms with E-state index in [1.807, 2.05) is 0 Å². The van der Waals surface area contributed by atoms with Gasteiger partial charge >= 0.3 is 5.00 Å². The first-order valence-electron chi connectivity index (χ1n) is 3.33. The van der Waals surface area contributed by atoms with E-state index in [1.54, 1.807) is 0 Å². The molecular weight excluding hydrogens is 200 g/mol. The van der Waals surface area contributed by atoms with Crippen molar-refractivity contribution >= 4 is 11.6 Å². The summed E-state index contributed by atoms with van der Waals surface area (Å²) in [6.07, 6.45) is 3.31. The summed E-state index contributed by atoms with van der Waals surface area (Å²) in [6.45, 7) is 0. The van der Waals surface area contributed by atoms with Crippen LogP contribution in [-0.4, -0.2) is 14.8 Å². The third-order valence-electron chi connectivity index (χ3n) is 1.58. The van der Waals surface area contributed by atoms with Crippen LogP contribution in [0.2, 0.25) is 0 Å². The highest BCUT2D eigenvalue weighted by Crippen LogP contribution is 2.28. The SMILES string of the molecule is O=[N+]([O-])C1=CC(Cl)([N+](=O)[O-])CC=C1. The molecule has 1 aliphatic carbocycles. The second kappa shape index (κ2) is 3.14. The van der Waals surface area contributed by atoms with E-state index in [0.717, 1.165) is 6.08 Å². The number of rotatable bonds is 2. The van der Waals surface area contributed by atoms with E-state index >= 15 is 0 Å². The molecule has 0 aromatic heterocycles. The fourth-order valence-corrected chi connectivity index (χ4v) is 1.12. The van der Waals surface area contributed by atoms with Crippen LogP contribution in [0.15, 0.2) is 23.9 Å². The van der Waals surface area contributed by atoms with E-state index in [-0.39, 0.29) is 12.1 Å². The standard InChI is InChI=1S/C6H5ClN2O4/c7-6(9(12)13)3-1-2-5(4-6)8(10)11/h1-2,4H,3H2. The monoisotopic (exact) mass is 204 g/mol. The second-order valence-corrected chi connectivity index (χ2v) is 3.16.